The third-order valence-electron chi connectivity index (χ3n) is 6.35. The summed E-state index contributed by atoms with van der Waals surface area (Å²) < 4.78 is 19.9. The van der Waals surface area contributed by atoms with Gasteiger partial charge < -0.3 is 15.4 Å². The average Bonchev–Trinajstić information content (AvgIpc) is 3.45. The minimum Gasteiger partial charge on any atom is -0.494 e. The molecule has 34 heavy (non-hydrogen) atoms. The maximum atomic E-state index is 13.9. The molecule has 176 valence electrons. The molecule has 2 fully saturated rings. The van der Waals surface area contributed by atoms with Crippen molar-refractivity contribution in [1.29, 1.82) is 0 Å². The molecule has 9 heteroatoms. The van der Waals surface area contributed by atoms with Gasteiger partial charge in [0, 0.05) is 47.3 Å². The first kappa shape index (κ1) is 23.0. The van der Waals surface area contributed by atoms with Gasteiger partial charge in [-0.05, 0) is 48.1 Å². The summed E-state index contributed by atoms with van der Waals surface area (Å²) in [6.07, 6.45) is 6.29. The number of methoxy groups -OCH3 is 1. The molecule has 3 aromatic rings. The van der Waals surface area contributed by atoms with Gasteiger partial charge in [0.15, 0.2) is 0 Å². The number of nitrogens with zero attached hydrogens (tertiary/aromatic N) is 3. The van der Waals surface area contributed by atoms with E-state index in [9.17, 15) is 9.18 Å². The normalized spacial score (nSPS) is 19.4. The average molecular weight is 573 g/mol. The van der Waals surface area contributed by atoms with Crippen molar-refractivity contribution in [3.63, 3.8) is 0 Å². The lowest BCUT2D eigenvalue weighted by Crippen LogP contribution is -2.23. The molecule has 2 aliphatic rings. The number of carbonyl (C=O) groups is 1. The number of rotatable bonds is 8. The molecule has 1 amide bonds. The minimum absolute atomic E-state index is 0.224. The zero-order chi connectivity index (χ0) is 23.7. The maximum Gasteiger partial charge on any atom is 0.248 e. The van der Waals surface area contributed by atoms with Crippen molar-refractivity contribution in [3.05, 3.63) is 60.2 Å². The fourth-order valence-corrected chi connectivity index (χ4v) is 5.05. The Morgan fingerprint density at radius 2 is 2.09 bits per heavy atom. The number of anilines is 3. The van der Waals surface area contributed by atoms with E-state index in [0.29, 0.717) is 38.1 Å². The quantitative estimate of drug-likeness (QED) is 0.227. The van der Waals surface area contributed by atoms with Gasteiger partial charge in [0.2, 0.25) is 5.91 Å². The van der Waals surface area contributed by atoms with Crippen LogP contribution in [0.3, 0.4) is 0 Å². The number of hydrogen-bond donors (Lipinski definition) is 2. The van der Waals surface area contributed by atoms with Gasteiger partial charge in [0.05, 0.1) is 18.3 Å². The highest BCUT2D eigenvalue weighted by Gasteiger charge is 2.44. The number of amides is 1. The van der Waals surface area contributed by atoms with Crippen molar-refractivity contribution in [2.75, 3.05) is 37.4 Å². The number of piperidine rings is 1. The second kappa shape index (κ2) is 9.83. The van der Waals surface area contributed by atoms with Gasteiger partial charge >= 0.3 is 0 Å². The van der Waals surface area contributed by atoms with E-state index >= 15 is 0 Å². The Kier molecular flexibility index (Phi) is 6.64. The number of benzene rings is 2. The second-order valence-electron chi connectivity index (χ2n) is 8.72. The zero-order valence-electron chi connectivity index (χ0n) is 18.7. The molecule has 2 unspecified atom stereocenters. The molecule has 1 aromatic heterocycles. The van der Waals surface area contributed by atoms with Crippen LogP contribution in [0.2, 0.25) is 0 Å². The largest absolute Gasteiger partial charge is 0.494 e. The Labute approximate surface area is 210 Å². The van der Waals surface area contributed by atoms with Gasteiger partial charge in [-0.2, -0.15) is 0 Å². The van der Waals surface area contributed by atoms with Crippen LogP contribution in [0.4, 0.5) is 21.6 Å². The number of halogens is 2. The van der Waals surface area contributed by atoms with Crippen LogP contribution in [-0.4, -0.2) is 47.5 Å². The highest BCUT2D eigenvalue weighted by atomic mass is 127. The van der Waals surface area contributed by atoms with Crippen LogP contribution in [0, 0.1) is 17.7 Å². The molecule has 2 N–H and O–H groups in total. The van der Waals surface area contributed by atoms with E-state index in [2.05, 4.69) is 48.1 Å². The first-order chi connectivity index (χ1) is 16.5. The van der Waals surface area contributed by atoms with Gasteiger partial charge in [-0.1, -0.05) is 28.7 Å². The van der Waals surface area contributed by atoms with Crippen LogP contribution in [0.1, 0.15) is 12.0 Å². The molecule has 2 aromatic carbocycles. The summed E-state index contributed by atoms with van der Waals surface area (Å²) in [5.74, 6) is 2.34. The van der Waals surface area contributed by atoms with Crippen LogP contribution in [-0.2, 0) is 9.22 Å². The van der Waals surface area contributed by atoms with Gasteiger partial charge in [0.1, 0.15) is 23.7 Å². The number of nitrogens with one attached hydrogen (secondary N) is 2. The standard InChI is InChI=1S/C25H25FIN5O2/c1-34-23-10-21-19(25(29-14-28-21)30-18-4-5-20(26)15(8-18)11-27)9-22(23)31-24(33)3-2-6-32-12-16-7-17(16)13-32/h2-5,8-10,14,16-17H,6-7,11-13H2,1H3,(H,31,33)(H,28,29,30)/b3-2+. The summed E-state index contributed by atoms with van der Waals surface area (Å²) in [5, 5.41) is 6.86. The first-order valence-corrected chi connectivity index (χ1v) is 12.7. The number of likely N-dealkylation sites (tertiary alicyclic amines) is 1. The summed E-state index contributed by atoms with van der Waals surface area (Å²) >= 11 is 2.13. The third kappa shape index (κ3) is 5.00. The number of carbonyl (C=O) groups excluding carboxylic acids is 1. The van der Waals surface area contributed by atoms with E-state index in [1.165, 1.54) is 18.8 Å². The van der Waals surface area contributed by atoms with Crippen LogP contribution in [0.15, 0.2) is 48.8 Å². The Bertz CT molecular complexity index is 1260. The Balaban J connectivity index is 1.35. The van der Waals surface area contributed by atoms with E-state index in [0.717, 1.165) is 37.2 Å². The molecule has 2 heterocycles. The van der Waals surface area contributed by atoms with Gasteiger partial charge in [-0.25, -0.2) is 14.4 Å². The number of hydrogen-bond acceptors (Lipinski definition) is 6. The monoisotopic (exact) mass is 573 g/mol. The molecule has 1 aliphatic heterocycles. The topological polar surface area (TPSA) is 79.4 Å². The van der Waals surface area contributed by atoms with Gasteiger partial charge in [0.25, 0.3) is 0 Å². The van der Waals surface area contributed by atoms with E-state index in [4.69, 9.17) is 4.74 Å². The summed E-state index contributed by atoms with van der Waals surface area (Å²) in [7, 11) is 1.55. The number of fused-ring (bicyclic) bond motifs is 2. The maximum absolute atomic E-state index is 13.9. The fraction of sp³-hybridized carbons (Fsp3) is 0.320. The highest BCUT2D eigenvalue weighted by molar-refractivity contribution is 14.1. The number of ether oxygens (including phenoxy) is 1. The van der Waals surface area contributed by atoms with Crippen molar-refractivity contribution in [1.82, 2.24) is 14.9 Å². The molecular weight excluding hydrogens is 548 g/mol. The molecule has 1 saturated carbocycles. The van der Waals surface area contributed by atoms with Gasteiger partial charge in [-0.15, -0.1) is 0 Å². The Morgan fingerprint density at radius 1 is 1.26 bits per heavy atom. The van der Waals surface area contributed by atoms with Crippen LogP contribution >= 0.6 is 22.6 Å². The second-order valence-corrected chi connectivity index (χ2v) is 9.49. The number of alkyl halides is 1. The predicted octanol–water partition coefficient (Wildman–Crippen LogP) is 4.90. The zero-order valence-corrected chi connectivity index (χ0v) is 20.9. The predicted molar refractivity (Wildman–Crippen MR) is 139 cm³/mol. The fourth-order valence-electron chi connectivity index (χ4n) is 4.47. The van der Waals surface area contributed by atoms with Crippen molar-refractivity contribution in [2.45, 2.75) is 10.8 Å². The molecule has 0 radical (unpaired) electrons. The third-order valence-corrected chi connectivity index (χ3v) is 7.18. The molecule has 1 aliphatic carbocycles. The minimum atomic E-state index is -0.239. The van der Waals surface area contributed by atoms with Crippen LogP contribution < -0.4 is 15.4 Å². The molecule has 0 bridgehead atoms. The van der Waals surface area contributed by atoms with Crippen LogP contribution in [0.5, 0.6) is 5.75 Å². The molecule has 0 spiro atoms. The lowest BCUT2D eigenvalue weighted by atomic mass is 10.1. The smallest absolute Gasteiger partial charge is 0.248 e. The molecule has 5 rings (SSSR count). The number of aromatic nitrogens is 2. The molecule has 2 atom stereocenters. The summed E-state index contributed by atoms with van der Waals surface area (Å²) in [5.41, 5.74) is 2.51. The Hall–Kier alpha value is -2.79. The SMILES string of the molecule is COc1cc2ncnc(Nc3ccc(F)c(CI)c3)c2cc1NC(=O)/C=C/CN1CC2CC2C1. The highest BCUT2D eigenvalue weighted by Crippen LogP contribution is 2.44. The van der Waals surface area contributed by atoms with Crippen molar-refractivity contribution >= 4 is 56.6 Å². The Morgan fingerprint density at radius 3 is 2.85 bits per heavy atom. The van der Waals surface area contributed by atoms with Crippen molar-refractivity contribution in [3.8, 4) is 5.75 Å². The van der Waals surface area contributed by atoms with E-state index < -0.39 is 0 Å². The van der Waals surface area contributed by atoms with E-state index in [1.807, 2.05) is 6.08 Å². The van der Waals surface area contributed by atoms with Crippen LogP contribution in [0.25, 0.3) is 10.9 Å². The summed E-state index contributed by atoms with van der Waals surface area (Å²) in [6, 6.07) is 8.42. The molecule has 7 nitrogen and oxygen atoms in total. The van der Waals surface area contributed by atoms with E-state index in [1.54, 1.807) is 37.5 Å². The van der Waals surface area contributed by atoms with Gasteiger partial charge in [-0.3, -0.25) is 9.69 Å². The van der Waals surface area contributed by atoms with Crippen molar-refractivity contribution < 1.29 is 13.9 Å². The molecule has 1 saturated heterocycles. The lowest BCUT2D eigenvalue weighted by Gasteiger charge is -2.14. The van der Waals surface area contributed by atoms with E-state index in [-0.39, 0.29) is 11.7 Å². The molecular formula is C25H25FIN5O2. The lowest BCUT2D eigenvalue weighted by molar-refractivity contribution is -0.111. The summed E-state index contributed by atoms with van der Waals surface area (Å²) in [6.45, 7) is 3.06. The summed E-state index contributed by atoms with van der Waals surface area (Å²) in [4.78, 5) is 23.7. The first-order valence-electron chi connectivity index (χ1n) is 11.2. The van der Waals surface area contributed by atoms with Crippen molar-refractivity contribution in [2.24, 2.45) is 11.8 Å².